The molecule has 7 heteroatoms. The van der Waals surface area contributed by atoms with Crippen LogP contribution in [0.25, 0.3) is 0 Å². The number of nitrogens with one attached hydrogen (secondary N) is 1. The van der Waals surface area contributed by atoms with Crippen molar-refractivity contribution in [3.63, 3.8) is 0 Å². The van der Waals surface area contributed by atoms with Gasteiger partial charge in [0, 0.05) is 31.2 Å². The summed E-state index contributed by atoms with van der Waals surface area (Å²) in [6.07, 6.45) is 0. The van der Waals surface area contributed by atoms with Gasteiger partial charge >= 0.3 is 5.82 Å². The first-order chi connectivity index (χ1) is 8.93. The molecule has 0 saturated carbocycles. The monoisotopic (exact) mass is 266 g/mol. The van der Waals surface area contributed by atoms with E-state index in [0.717, 1.165) is 13.1 Å². The van der Waals surface area contributed by atoms with Crippen LogP contribution in [0.4, 0.5) is 5.82 Å². The lowest BCUT2D eigenvalue weighted by molar-refractivity contribution is -0.391. The van der Waals surface area contributed by atoms with Gasteiger partial charge in [-0.3, -0.25) is 4.79 Å². The minimum absolute atomic E-state index is 0.0706. The molecule has 0 spiro atoms. The number of nitro groups is 1. The number of amides is 1. The van der Waals surface area contributed by atoms with Gasteiger partial charge in [-0.2, -0.15) is 0 Å². The van der Waals surface area contributed by atoms with Gasteiger partial charge in [0.05, 0.1) is 7.05 Å². The Morgan fingerprint density at radius 2 is 1.95 bits per heavy atom. The number of piperazine rings is 1. The van der Waals surface area contributed by atoms with Crippen LogP contribution in [0.3, 0.4) is 0 Å². The quantitative estimate of drug-likeness (QED) is 0.633. The molecule has 104 valence electrons. The van der Waals surface area contributed by atoms with E-state index < -0.39 is 4.92 Å². The zero-order valence-corrected chi connectivity index (χ0v) is 11.3. The lowest BCUT2D eigenvalue weighted by atomic mass is 10.1. The van der Waals surface area contributed by atoms with Crippen LogP contribution >= 0.6 is 0 Å². The van der Waals surface area contributed by atoms with Crippen LogP contribution in [0.1, 0.15) is 24.3 Å². The van der Waals surface area contributed by atoms with Gasteiger partial charge in [-0.15, -0.1) is 0 Å². The Hall–Kier alpha value is -1.89. The van der Waals surface area contributed by atoms with Gasteiger partial charge < -0.3 is 20.3 Å². The van der Waals surface area contributed by atoms with E-state index in [4.69, 9.17) is 0 Å². The molecule has 1 aliphatic rings. The van der Waals surface area contributed by atoms with E-state index >= 15 is 0 Å². The third-order valence-corrected chi connectivity index (χ3v) is 3.57. The van der Waals surface area contributed by atoms with Crippen molar-refractivity contribution >= 4 is 11.7 Å². The van der Waals surface area contributed by atoms with Crippen LogP contribution < -0.4 is 5.32 Å². The first-order valence-corrected chi connectivity index (χ1v) is 6.27. The number of carbonyl (C=O) groups is 1. The smallest absolute Gasteiger partial charge is 0.323 e. The van der Waals surface area contributed by atoms with Crippen LogP contribution in [0.15, 0.2) is 12.1 Å². The molecular weight excluding hydrogens is 248 g/mol. The van der Waals surface area contributed by atoms with Crippen molar-refractivity contribution in [2.75, 3.05) is 13.1 Å². The lowest BCUT2D eigenvalue weighted by Crippen LogP contribution is -2.57. The molecule has 1 saturated heterocycles. The highest BCUT2D eigenvalue weighted by molar-refractivity contribution is 5.93. The van der Waals surface area contributed by atoms with Gasteiger partial charge in [0.15, 0.2) is 5.69 Å². The van der Waals surface area contributed by atoms with Crippen molar-refractivity contribution in [3.8, 4) is 0 Å². The fourth-order valence-corrected chi connectivity index (χ4v) is 2.56. The summed E-state index contributed by atoms with van der Waals surface area (Å²) in [5, 5.41) is 14.1. The standard InChI is InChI=1S/C12H18N4O3/c1-8-6-13-7-9(2)15(8)12(17)10-4-5-11(14(10)3)16(18)19/h4-5,8-9,13H,6-7H2,1-3H3. The highest BCUT2D eigenvalue weighted by Gasteiger charge is 2.33. The molecule has 2 heterocycles. The summed E-state index contributed by atoms with van der Waals surface area (Å²) >= 11 is 0. The molecule has 1 aromatic heterocycles. The molecule has 0 aromatic carbocycles. The van der Waals surface area contributed by atoms with E-state index in [1.807, 2.05) is 13.8 Å². The van der Waals surface area contributed by atoms with E-state index in [-0.39, 0.29) is 23.8 Å². The number of nitrogens with zero attached hydrogens (tertiary/aromatic N) is 3. The molecule has 2 atom stereocenters. The Morgan fingerprint density at radius 3 is 2.42 bits per heavy atom. The van der Waals surface area contributed by atoms with Crippen LogP contribution in [-0.4, -0.2) is 45.5 Å². The maximum Gasteiger partial charge on any atom is 0.323 e. The van der Waals surface area contributed by atoms with Crippen LogP contribution in [-0.2, 0) is 7.05 Å². The second kappa shape index (κ2) is 5.00. The predicted molar refractivity (Wildman–Crippen MR) is 70.0 cm³/mol. The van der Waals surface area contributed by atoms with E-state index in [2.05, 4.69) is 5.32 Å². The molecule has 2 unspecified atom stereocenters. The summed E-state index contributed by atoms with van der Waals surface area (Å²) in [5.41, 5.74) is 0.354. The number of hydrogen-bond donors (Lipinski definition) is 1. The summed E-state index contributed by atoms with van der Waals surface area (Å²) in [6, 6.07) is 3.03. The van der Waals surface area contributed by atoms with Crippen LogP contribution in [0, 0.1) is 10.1 Å². The van der Waals surface area contributed by atoms with E-state index in [1.165, 1.54) is 16.7 Å². The van der Waals surface area contributed by atoms with Gasteiger partial charge in [-0.25, -0.2) is 4.57 Å². The van der Waals surface area contributed by atoms with Crippen molar-refractivity contribution < 1.29 is 9.72 Å². The van der Waals surface area contributed by atoms with Gasteiger partial charge in [-0.05, 0) is 24.8 Å². The van der Waals surface area contributed by atoms with Gasteiger partial charge in [-0.1, -0.05) is 0 Å². The Bertz CT molecular complexity index is 501. The molecule has 1 aliphatic heterocycles. The largest absolute Gasteiger partial charge is 0.358 e. The average molecular weight is 266 g/mol. The lowest BCUT2D eigenvalue weighted by Gasteiger charge is -2.38. The molecule has 0 radical (unpaired) electrons. The number of hydrogen-bond acceptors (Lipinski definition) is 4. The normalized spacial score (nSPS) is 23.4. The molecule has 2 rings (SSSR count). The number of carbonyl (C=O) groups excluding carboxylic acids is 1. The van der Waals surface area contributed by atoms with Crippen molar-refractivity contribution in [1.29, 1.82) is 0 Å². The molecule has 1 N–H and O–H groups in total. The Labute approximate surface area is 111 Å². The van der Waals surface area contributed by atoms with Gasteiger partial charge in [0.25, 0.3) is 5.91 Å². The molecule has 0 aliphatic carbocycles. The Balaban J connectivity index is 2.31. The van der Waals surface area contributed by atoms with Crippen LogP contribution in [0.5, 0.6) is 0 Å². The molecule has 1 fully saturated rings. The highest BCUT2D eigenvalue weighted by Crippen LogP contribution is 2.20. The Kier molecular flexibility index (Phi) is 3.57. The second-order valence-corrected chi connectivity index (χ2v) is 4.96. The molecular formula is C12H18N4O3. The van der Waals surface area contributed by atoms with Crippen LogP contribution in [0.2, 0.25) is 0 Å². The third kappa shape index (κ3) is 2.33. The van der Waals surface area contributed by atoms with E-state index in [1.54, 1.807) is 11.9 Å². The van der Waals surface area contributed by atoms with Gasteiger partial charge in [0.2, 0.25) is 0 Å². The fourth-order valence-electron chi connectivity index (χ4n) is 2.56. The molecule has 0 bridgehead atoms. The second-order valence-electron chi connectivity index (χ2n) is 4.96. The van der Waals surface area contributed by atoms with E-state index in [9.17, 15) is 14.9 Å². The zero-order valence-electron chi connectivity index (χ0n) is 11.3. The van der Waals surface area contributed by atoms with E-state index in [0.29, 0.717) is 5.69 Å². The minimum Gasteiger partial charge on any atom is -0.358 e. The molecule has 1 amide bonds. The van der Waals surface area contributed by atoms with Crippen molar-refractivity contribution in [2.24, 2.45) is 7.05 Å². The first-order valence-electron chi connectivity index (χ1n) is 6.27. The number of aromatic nitrogens is 1. The predicted octanol–water partition coefficient (Wildman–Crippen LogP) is 0.756. The summed E-state index contributed by atoms with van der Waals surface area (Å²) in [4.78, 5) is 24.6. The molecule has 7 nitrogen and oxygen atoms in total. The SMILES string of the molecule is CC1CNCC(C)N1C(=O)c1ccc([N+](=O)[O-])n1C. The molecule has 1 aromatic rings. The maximum absolute atomic E-state index is 12.5. The summed E-state index contributed by atoms with van der Waals surface area (Å²) < 4.78 is 1.34. The summed E-state index contributed by atoms with van der Waals surface area (Å²) in [7, 11) is 1.54. The minimum atomic E-state index is -0.485. The van der Waals surface area contributed by atoms with Gasteiger partial charge in [0.1, 0.15) is 0 Å². The topological polar surface area (TPSA) is 80.4 Å². The number of rotatable bonds is 2. The van der Waals surface area contributed by atoms with Crippen molar-refractivity contribution in [1.82, 2.24) is 14.8 Å². The zero-order chi connectivity index (χ0) is 14.2. The highest BCUT2D eigenvalue weighted by atomic mass is 16.6. The summed E-state index contributed by atoms with van der Waals surface area (Å²) in [5.74, 6) is -0.226. The van der Waals surface area contributed by atoms with Crippen molar-refractivity contribution in [3.05, 3.63) is 27.9 Å². The average Bonchev–Trinajstić information content (AvgIpc) is 2.70. The third-order valence-electron chi connectivity index (χ3n) is 3.57. The summed E-state index contributed by atoms with van der Waals surface area (Å²) in [6.45, 7) is 5.42. The van der Waals surface area contributed by atoms with Crippen molar-refractivity contribution in [2.45, 2.75) is 25.9 Å². The first kappa shape index (κ1) is 13.5. The Morgan fingerprint density at radius 1 is 1.37 bits per heavy atom. The fraction of sp³-hybridized carbons (Fsp3) is 0.583. The molecule has 19 heavy (non-hydrogen) atoms. The maximum atomic E-state index is 12.5.